The maximum atomic E-state index is 5.33. The van der Waals surface area contributed by atoms with Gasteiger partial charge in [-0.25, -0.2) is 0 Å². The maximum absolute atomic E-state index is 5.33. The lowest BCUT2D eigenvalue weighted by Crippen LogP contribution is -2.36. The summed E-state index contributed by atoms with van der Waals surface area (Å²) in [7, 11) is 2.00. The van der Waals surface area contributed by atoms with Gasteiger partial charge in [-0.2, -0.15) is 0 Å². The van der Waals surface area contributed by atoms with Crippen molar-refractivity contribution >= 4 is 20.5 Å². The van der Waals surface area contributed by atoms with Gasteiger partial charge in [0.25, 0.3) is 0 Å². The van der Waals surface area contributed by atoms with Crippen LogP contribution in [0.2, 0.25) is 0 Å². The summed E-state index contributed by atoms with van der Waals surface area (Å²) < 4.78 is 10.7. The van der Waals surface area contributed by atoms with E-state index in [2.05, 4.69) is 6.58 Å². The van der Waals surface area contributed by atoms with E-state index in [4.69, 9.17) is 8.85 Å². The molecule has 0 saturated carbocycles. The van der Waals surface area contributed by atoms with Gasteiger partial charge in [0.05, 0.1) is 0 Å². The van der Waals surface area contributed by atoms with Crippen molar-refractivity contribution in [3.05, 3.63) is 48.6 Å². The van der Waals surface area contributed by atoms with Gasteiger partial charge in [0, 0.05) is 19.4 Å². The molecule has 1 radical (unpaired) electrons. The summed E-state index contributed by atoms with van der Waals surface area (Å²) in [4.78, 5) is 0. The molecule has 1 aromatic carbocycles. The minimum Gasteiger partial charge on any atom is -0.393 e. The van der Waals surface area contributed by atoms with E-state index in [-0.39, 0.29) is 0 Å². The Morgan fingerprint density at radius 1 is 1.20 bits per heavy atom. The normalized spacial score (nSPS) is 11.1. The molecular weight excluding hydrogens is 204 g/mol. The molecule has 79 valence electrons. The molecule has 0 unspecified atom stereocenters. The second-order valence-electron chi connectivity index (χ2n) is 2.88. The third kappa shape index (κ3) is 3.16. The van der Waals surface area contributed by atoms with Gasteiger partial charge in [-0.3, -0.25) is 0 Å². The summed E-state index contributed by atoms with van der Waals surface area (Å²) in [6.45, 7) is 3.65. The fraction of sp³-hybridized carbons (Fsp3) is 0.167. The molecule has 0 saturated heterocycles. The van der Waals surface area contributed by atoms with E-state index in [0.29, 0.717) is 0 Å². The highest BCUT2D eigenvalue weighted by Gasteiger charge is 2.17. The highest BCUT2D eigenvalue weighted by atomic mass is 28.3. The summed E-state index contributed by atoms with van der Waals surface area (Å²) in [6.07, 6.45) is 5.66. The smallest absolute Gasteiger partial charge is 0.393 e. The van der Waals surface area contributed by atoms with E-state index < -0.39 is 9.28 Å². The van der Waals surface area contributed by atoms with Crippen LogP contribution in [0.3, 0.4) is 0 Å². The Labute approximate surface area is 92.7 Å². The molecule has 15 heavy (non-hydrogen) atoms. The Morgan fingerprint density at radius 3 is 2.47 bits per heavy atom. The topological polar surface area (TPSA) is 18.5 Å². The first-order valence-electron chi connectivity index (χ1n) is 4.67. The Kier molecular flexibility index (Phi) is 5.04. The van der Waals surface area contributed by atoms with Crippen molar-refractivity contribution in [3.8, 4) is 0 Å². The number of benzene rings is 1. The van der Waals surface area contributed by atoms with E-state index in [1.54, 1.807) is 20.3 Å². The Bertz CT molecular complexity index is 343. The molecular formula is C12H15O2Si. The van der Waals surface area contributed by atoms with Gasteiger partial charge in [-0.1, -0.05) is 49.1 Å². The van der Waals surface area contributed by atoms with Crippen molar-refractivity contribution in [2.75, 3.05) is 14.2 Å². The Morgan fingerprint density at radius 2 is 1.87 bits per heavy atom. The molecule has 0 fully saturated rings. The van der Waals surface area contributed by atoms with E-state index in [1.165, 1.54) is 0 Å². The summed E-state index contributed by atoms with van der Waals surface area (Å²) >= 11 is 0. The lowest BCUT2D eigenvalue weighted by molar-refractivity contribution is 0.292. The lowest BCUT2D eigenvalue weighted by Gasteiger charge is -2.11. The van der Waals surface area contributed by atoms with Crippen molar-refractivity contribution < 1.29 is 8.85 Å². The number of hydrogen-bond donors (Lipinski definition) is 0. The van der Waals surface area contributed by atoms with Gasteiger partial charge >= 0.3 is 9.28 Å². The van der Waals surface area contributed by atoms with Crippen LogP contribution in [-0.4, -0.2) is 23.5 Å². The molecule has 0 bridgehead atoms. The van der Waals surface area contributed by atoms with Crippen LogP contribution < -0.4 is 5.19 Å². The molecule has 3 heteroatoms. The van der Waals surface area contributed by atoms with Gasteiger partial charge < -0.3 is 8.85 Å². The van der Waals surface area contributed by atoms with Crippen molar-refractivity contribution in [3.63, 3.8) is 0 Å². The first-order chi connectivity index (χ1) is 7.33. The molecule has 1 rings (SSSR count). The minimum atomic E-state index is -1.35. The zero-order valence-corrected chi connectivity index (χ0v) is 10.1. The molecule has 0 aliphatic carbocycles. The third-order valence-corrected chi connectivity index (χ3v) is 3.60. The van der Waals surface area contributed by atoms with Crippen molar-refractivity contribution in [1.29, 1.82) is 0 Å². The number of hydrogen-bond acceptors (Lipinski definition) is 2. The van der Waals surface area contributed by atoms with Gasteiger partial charge in [0.1, 0.15) is 0 Å². The van der Waals surface area contributed by atoms with E-state index in [9.17, 15) is 0 Å². The zero-order chi connectivity index (χ0) is 11.1. The van der Waals surface area contributed by atoms with E-state index >= 15 is 0 Å². The summed E-state index contributed by atoms with van der Waals surface area (Å²) in [6, 6.07) is 8.06. The van der Waals surface area contributed by atoms with E-state index in [0.717, 1.165) is 10.8 Å². The van der Waals surface area contributed by atoms with Crippen LogP contribution in [0.1, 0.15) is 5.56 Å². The van der Waals surface area contributed by atoms with Gasteiger partial charge in [-0.05, 0) is 5.56 Å². The van der Waals surface area contributed by atoms with Crippen molar-refractivity contribution in [2.24, 2.45) is 0 Å². The molecule has 0 amide bonds. The van der Waals surface area contributed by atoms with Crippen molar-refractivity contribution in [2.45, 2.75) is 0 Å². The minimum absolute atomic E-state index is 1.12. The number of rotatable bonds is 5. The zero-order valence-electron chi connectivity index (χ0n) is 9.07. The molecule has 2 nitrogen and oxygen atoms in total. The van der Waals surface area contributed by atoms with Gasteiger partial charge in [-0.15, -0.1) is 0 Å². The molecule has 0 N–H and O–H groups in total. The standard InChI is InChI=1S/C12H15O2Si/c1-4-5-8-11-9-6-7-10-12(11)15(13-2)14-3/h4-10H,1H2,2-3H3. The van der Waals surface area contributed by atoms with Crippen LogP contribution in [0.4, 0.5) is 0 Å². The first kappa shape index (κ1) is 11.9. The molecule has 0 heterocycles. The van der Waals surface area contributed by atoms with Crippen LogP contribution in [0.25, 0.3) is 6.08 Å². The van der Waals surface area contributed by atoms with Gasteiger partial charge in [0.2, 0.25) is 0 Å². The monoisotopic (exact) mass is 219 g/mol. The fourth-order valence-electron chi connectivity index (χ4n) is 1.30. The Hall–Kier alpha value is -1.16. The number of allylic oxidation sites excluding steroid dienone is 2. The van der Waals surface area contributed by atoms with Crippen LogP contribution >= 0.6 is 0 Å². The van der Waals surface area contributed by atoms with Crippen LogP contribution in [0.15, 0.2) is 43.0 Å². The Balaban J connectivity index is 3.04. The highest BCUT2D eigenvalue weighted by Crippen LogP contribution is 2.02. The van der Waals surface area contributed by atoms with Gasteiger partial charge in [0.15, 0.2) is 0 Å². The molecule has 0 atom stereocenters. The summed E-state index contributed by atoms with van der Waals surface area (Å²) in [5.74, 6) is 0. The van der Waals surface area contributed by atoms with Crippen LogP contribution in [0, 0.1) is 0 Å². The second kappa shape index (κ2) is 6.34. The quantitative estimate of drug-likeness (QED) is 0.556. The van der Waals surface area contributed by atoms with Crippen LogP contribution in [0.5, 0.6) is 0 Å². The average Bonchev–Trinajstić information content (AvgIpc) is 2.29. The summed E-state index contributed by atoms with van der Waals surface area (Å²) in [5, 5.41) is 1.12. The molecule has 0 aliphatic rings. The molecule has 0 spiro atoms. The molecule has 1 aromatic rings. The predicted molar refractivity (Wildman–Crippen MR) is 65.1 cm³/mol. The maximum Gasteiger partial charge on any atom is 0.423 e. The lowest BCUT2D eigenvalue weighted by atomic mass is 10.2. The average molecular weight is 219 g/mol. The SMILES string of the molecule is C=CC=Cc1ccccc1[Si](OC)OC. The largest absolute Gasteiger partial charge is 0.423 e. The van der Waals surface area contributed by atoms with E-state index in [1.807, 2.05) is 36.4 Å². The summed E-state index contributed by atoms with van der Waals surface area (Å²) in [5.41, 5.74) is 1.12. The fourth-order valence-corrected chi connectivity index (χ4v) is 2.54. The van der Waals surface area contributed by atoms with Crippen LogP contribution in [-0.2, 0) is 8.85 Å². The highest BCUT2D eigenvalue weighted by molar-refractivity contribution is 6.62. The third-order valence-electron chi connectivity index (χ3n) is 1.96. The van der Waals surface area contributed by atoms with Crippen molar-refractivity contribution in [1.82, 2.24) is 0 Å². The second-order valence-corrected chi connectivity index (χ2v) is 4.81. The predicted octanol–water partition coefficient (Wildman–Crippen LogP) is 1.87. The first-order valence-corrected chi connectivity index (χ1v) is 5.98. The molecule has 0 aliphatic heterocycles. The molecule has 0 aromatic heterocycles.